The highest BCUT2D eigenvalue weighted by Crippen LogP contribution is 2.36. The molecule has 0 saturated heterocycles. The molecule has 1 atom stereocenters. The molecule has 160 valence electrons. The Bertz CT molecular complexity index is 1100. The van der Waals surface area contributed by atoms with Crippen LogP contribution in [0.25, 0.3) is 6.08 Å². The Kier molecular flexibility index (Phi) is 6.18. The molecule has 0 radical (unpaired) electrons. The van der Waals surface area contributed by atoms with Gasteiger partial charge in [0.05, 0.1) is 13.2 Å². The summed E-state index contributed by atoms with van der Waals surface area (Å²) >= 11 is 0. The van der Waals surface area contributed by atoms with Crippen LogP contribution in [0.4, 0.5) is 8.78 Å². The lowest BCUT2D eigenvalue weighted by atomic mass is 9.93. The van der Waals surface area contributed by atoms with Crippen LogP contribution in [0.5, 0.6) is 17.2 Å². The Morgan fingerprint density at radius 2 is 1.90 bits per heavy atom. The molecule has 3 aromatic rings. The first kappa shape index (κ1) is 20.9. The average molecular weight is 423 g/mol. The molecular formula is C25H23F2NO3. The van der Waals surface area contributed by atoms with E-state index in [1.807, 2.05) is 42.5 Å². The number of rotatable bonds is 6. The van der Waals surface area contributed by atoms with Crippen LogP contribution < -0.4 is 14.8 Å². The molecule has 1 aliphatic rings. The number of nitrogens with one attached hydrogen (secondary N) is 1. The average Bonchev–Trinajstić information content (AvgIpc) is 2.80. The van der Waals surface area contributed by atoms with Crippen LogP contribution in [0.3, 0.4) is 0 Å². The zero-order valence-electron chi connectivity index (χ0n) is 17.1. The number of ether oxygens (including phenoxy) is 2. The third-order valence-electron chi connectivity index (χ3n) is 5.32. The highest BCUT2D eigenvalue weighted by atomic mass is 19.1. The number of benzene rings is 3. The van der Waals surface area contributed by atoms with Gasteiger partial charge in [0.2, 0.25) is 0 Å². The fourth-order valence-corrected chi connectivity index (χ4v) is 3.66. The third-order valence-corrected chi connectivity index (χ3v) is 5.32. The highest BCUT2D eigenvalue weighted by molar-refractivity contribution is 5.56. The Morgan fingerprint density at radius 3 is 2.68 bits per heavy atom. The number of phenolic OH excluding ortho intramolecular Hbond substituents is 1. The van der Waals surface area contributed by atoms with Crippen molar-refractivity contribution < 1.29 is 23.4 Å². The zero-order chi connectivity index (χ0) is 21.8. The second-order valence-electron chi connectivity index (χ2n) is 7.32. The molecule has 1 heterocycles. The van der Waals surface area contributed by atoms with E-state index >= 15 is 0 Å². The maximum absolute atomic E-state index is 14.1. The maximum Gasteiger partial charge on any atom is 0.188 e. The van der Waals surface area contributed by atoms with E-state index in [0.717, 1.165) is 35.7 Å². The van der Waals surface area contributed by atoms with E-state index in [4.69, 9.17) is 9.47 Å². The molecule has 2 N–H and O–H groups in total. The number of hydrogen-bond donors (Lipinski definition) is 2. The largest absolute Gasteiger partial charge is 0.503 e. The summed E-state index contributed by atoms with van der Waals surface area (Å²) in [5, 5.41) is 12.9. The van der Waals surface area contributed by atoms with Crippen LogP contribution in [0.2, 0.25) is 0 Å². The summed E-state index contributed by atoms with van der Waals surface area (Å²) in [6, 6.07) is 16.0. The van der Waals surface area contributed by atoms with Crippen molar-refractivity contribution >= 4 is 6.08 Å². The van der Waals surface area contributed by atoms with Crippen molar-refractivity contribution in [1.29, 1.82) is 0 Å². The molecule has 0 spiro atoms. The molecular weight excluding hydrogens is 400 g/mol. The molecule has 0 bridgehead atoms. The van der Waals surface area contributed by atoms with E-state index in [1.54, 1.807) is 13.2 Å². The number of methoxy groups -OCH3 is 1. The SMILES string of the molecule is COc1cc2c(cc1OCc1ccccc1)CCNC2/C=C/c1ccc(F)c(O)c1F. The molecule has 6 heteroatoms. The Morgan fingerprint density at radius 1 is 1.10 bits per heavy atom. The van der Waals surface area contributed by atoms with Crippen LogP contribution in [0.15, 0.2) is 60.7 Å². The van der Waals surface area contributed by atoms with E-state index in [0.29, 0.717) is 18.1 Å². The van der Waals surface area contributed by atoms with Gasteiger partial charge >= 0.3 is 0 Å². The first-order chi connectivity index (χ1) is 15.1. The molecule has 3 aromatic carbocycles. The number of fused-ring (bicyclic) bond motifs is 1. The monoisotopic (exact) mass is 423 g/mol. The summed E-state index contributed by atoms with van der Waals surface area (Å²) in [7, 11) is 1.59. The van der Waals surface area contributed by atoms with Crippen molar-refractivity contribution in [3.05, 3.63) is 94.6 Å². The van der Waals surface area contributed by atoms with E-state index in [1.165, 1.54) is 12.1 Å². The summed E-state index contributed by atoms with van der Waals surface area (Å²) in [5.41, 5.74) is 3.29. The summed E-state index contributed by atoms with van der Waals surface area (Å²) < 4.78 is 39.0. The van der Waals surface area contributed by atoms with Crippen molar-refractivity contribution in [2.24, 2.45) is 0 Å². The summed E-state index contributed by atoms with van der Waals surface area (Å²) in [6.07, 6.45) is 4.14. The summed E-state index contributed by atoms with van der Waals surface area (Å²) in [4.78, 5) is 0. The number of aromatic hydroxyl groups is 1. The second-order valence-corrected chi connectivity index (χ2v) is 7.32. The summed E-state index contributed by atoms with van der Waals surface area (Å²) in [5.74, 6) is -1.65. The zero-order valence-corrected chi connectivity index (χ0v) is 17.1. The van der Waals surface area contributed by atoms with Gasteiger partial charge < -0.3 is 19.9 Å². The molecule has 4 nitrogen and oxygen atoms in total. The van der Waals surface area contributed by atoms with Crippen LogP contribution in [0, 0.1) is 11.6 Å². The van der Waals surface area contributed by atoms with Crippen molar-refractivity contribution in [3.8, 4) is 17.2 Å². The first-order valence-electron chi connectivity index (χ1n) is 10.0. The predicted molar refractivity (Wildman–Crippen MR) is 115 cm³/mol. The Labute approximate surface area is 179 Å². The molecule has 1 aliphatic heterocycles. The van der Waals surface area contributed by atoms with Gasteiger partial charge in [-0.25, -0.2) is 8.78 Å². The summed E-state index contributed by atoms with van der Waals surface area (Å²) in [6.45, 7) is 1.18. The molecule has 1 unspecified atom stereocenters. The van der Waals surface area contributed by atoms with Gasteiger partial charge in [-0.05, 0) is 47.4 Å². The topological polar surface area (TPSA) is 50.7 Å². The lowest BCUT2D eigenvalue weighted by Crippen LogP contribution is -2.28. The van der Waals surface area contributed by atoms with Crippen LogP contribution >= 0.6 is 0 Å². The van der Waals surface area contributed by atoms with Crippen LogP contribution in [-0.2, 0) is 13.0 Å². The van der Waals surface area contributed by atoms with Gasteiger partial charge in [-0.3, -0.25) is 0 Å². The van der Waals surface area contributed by atoms with Gasteiger partial charge in [0, 0.05) is 12.1 Å². The van der Waals surface area contributed by atoms with Gasteiger partial charge in [0.1, 0.15) is 6.61 Å². The van der Waals surface area contributed by atoms with Crippen molar-refractivity contribution in [1.82, 2.24) is 5.32 Å². The normalized spacial score (nSPS) is 15.6. The molecule has 4 rings (SSSR count). The van der Waals surface area contributed by atoms with E-state index < -0.39 is 17.4 Å². The van der Waals surface area contributed by atoms with E-state index in [-0.39, 0.29) is 11.6 Å². The van der Waals surface area contributed by atoms with Crippen molar-refractivity contribution in [3.63, 3.8) is 0 Å². The van der Waals surface area contributed by atoms with Gasteiger partial charge in [0.15, 0.2) is 28.9 Å². The van der Waals surface area contributed by atoms with Gasteiger partial charge in [-0.15, -0.1) is 0 Å². The molecule has 31 heavy (non-hydrogen) atoms. The number of halogens is 2. The number of hydrogen-bond acceptors (Lipinski definition) is 4. The van der Waals surface area contributed by atoms with Crippen molar-refractivity contribution in [2.75, 3.05) is 13.7 Å². The lowest BCUT2D eigenvalue weighted by Gasteiger charge is -2.26. The van der Waals surface area contributed by atoms with Gasteiger partial charge in [0.25, 0.3) is 0 Å². The molecule has 0 aromatic heterocycles. The minimum Gasteiger partial charge on any atom is -0.503 e. The number of phenols is 1. The van der Waals surface area contributed by atoms with E-state index in [2.05, 4.69) is 5.32 Å². The molecule has 0 aliphatic carbocycles. The standard InChI is InChI=1S/C25H23F2NO3/c1-30-22-14-19-18(13-23(22)31-15-16-5-3-2-4-6-16)11-12-28-21(19)10-8-17-7-9-20(26)25(29)24(17)27/h2-10,13-14,21,28-29H,11-12,15H2,1H3/b10-8+. The van der Waals surface area contributed by atoms with Gasteiger partial charge in [-0.1, -0.05) is 42.5 Å². The minimum absolute atomic E-state index is 0.114. The predicted octanol–water partition coefficient (Wildman–Crippen LogP) is 5.16. The highest BCUT2D eigenvalue weighted by Gasteiger charge is 2.21. The van der Waals surface area contributed by atoms with E-state index in [9.17, 15) is 13.9 Å². The van der Waals surface area contributed by atoms with Crippen LogP contribution in [0.1, 0.15) is 28.3 Å². The second kappa shape index (κ2) is 9.18. The fraction of sp³-hybridized carbons (Fsp3) is 0.200. The van der Waals surface area contributed by atoms with Crippen LogP contribution in [-0.4, -0.2) is 18.8 Å². The minimum atomic E-state index is -0.983. The lowest BCUT2D eigenvalue weighted by molar-refractivity contribution is 0.283. The Balaban J connectivity index is 1.59. The smallest absolute Gasteiger partial charge is 0.188 e. The molecule has 0 amide bonds. The Hall–Kier alpha value is -3.38. The fourth-order valence-electron chi connectivity index (χ4n) is 3.66. The maximum atomic E-state index is 14.1. The first-order valence-corrected chi connectivity index (χ1v) is 10.0. The van der Waals surface area contributed by atoms with Crippen molar-refractivity contribution in [2.45, 2.75) is 19.1 Å². The molecule has 0 saturated carbocycles. The van der Waals surface area contributed by atoms with Gasteiger partial charge in [-0.2, -0.15) is 0 Å². The third kappa shape index (κ3) is 4.54. The molecule has 0 fully saturated rings. The quantitative estimate of drug-likeness (QED) is 0.575.